The second-order valence-corrected chi connectivity index (χ2v) is 7.23. The maximum Gasteiger partial charge on any atom is 0.243 e. The van der Waals surface area contributed by atoms with E-state index in [-0.39, 0.29) is 16.8 Å². The van der Waals surface area contributed by atoms with E-state index < -0.39 is 16.1 Å². The van der Waals surface area contributed by atoms with E-state index in [1.54, 1.807) is 19.1 Å². The number of aliphatic hydroxyl groups excluding tert-OH is 1. The van der Waals surface area contributed by atoms with Gasteiger partial charge in [0, 0.05) is 26.1 Å². The van der Waals surface area contributed by atoms with Gasteiger partial charge in [-0.1, -0.05) is 12.1 Å². The Bertz CT molecular complexity index is 610. The number of hydrogen-bond acceptors (Lipinski definition) is 4. The molecule has 2 rings (SSSR count). The van der Waals surface area contributed by atoms with E-state index in [1.165, 1.54) is 23.4 Å². The Morgan fingerprint density at radius 3 is 2.52 bits per heavy atom. The molecule has 1 aromatic rings. The van der Waals surface area contributed by atoms with Crippen molar-refractivity contribution in [2.24, 2.45) is 0 Å². The molecule has 1 fully saturated rings. The van der Waals surface area contributed by atoms with Crippen LogP contribution in [-0.4, -0.2) is 42.9 Å². The van der Waals surface area contributed by atoms with Gasteiger partial charge in [0.05, 0.1) is 11.0 Å². The minimum atomic E-state index is -3.55. The Kier molecular flexibility index (Phi) is 4.65. The van der Waals surface area contributed by atoms with Crippen LogP contribution < -0.4 is 5.32 Å². The van der Waals surface area contributed by atoms with Gasteiger partial charge in [0.2, 0.25) is 15.9 Å². The second kappa shape index (κ2) is 6.13. The molecule has 0 saturated carbocycles. The molecule has 2 atom stereocenters. The standard InChI is InChI=1S/C14H20N2O4S/c1-10(17)12-3-5-14(6-4-12)21(19,20)16-8-7-13(9-16)15-11(2)18/h3-6,10,13,17H,7-9H2,1-2H3,(H,15,18). The maximum atomic E-state index is 12.5. The Morgan fingerprint density at radius 1 is 1.38 bits per heavy atom. The van der Waals surface area contributed by atoms with E-state index in [0.29, 0.717) is 25.1 Å². The molecule has 1 heterocycles. The number of hydrogen-bond donors (Lipinski definition) is 2. The number of rotatable bonds is 4. The zero-order valence-corrected chi connectivity index (χ0v) is 12.9. The molecule has 0 spiro atoms. The third kappa shape index (κ3) is 3.61. The lowest BCUT2D eigenvalue weighted by Gasteiger charge is -2.17. The first-order valence-corrected chi connectivity index (χ1v) is 8.30. The predicted molar refractivity (Wildman–Crippen MR) is 78.1 cm³/mol. The molecule has 21 heavy (non-hydrogen) atoms. The summed E-state index contributed by atoms with van der Waals surface area (Å²) in [6, 6.07) is 6.10. The van der Waals surface area contributed by atoms with Crippen molar-refractivity contribution in [3.05, 3.63) is 29.8 Å². The quantitative estimate of drug-likeness (QED) is 0.854. The molecule has 0 bridgehead atoms. The van der Waals surface area contributed by atoms with E-state index in [9.17, 15) is 18.3 Å². The number of carbonyl (C=O) groups excluding carboxylic acids is 1. The van der Waals surface area contributed by atoms with Gasteiger partial charge in [0.1, 0.15) is 0 Å². The Morgan fingerprint density at radius 2 is 2.00 bits per heavy atom. The summed E-state index contributed by atoms with van der Waals surface area (Å²) in [7, 11) is -3.55. The normalized spacial score (nSPS) is 21.2. The van der Waals surface area contributed by atoms with Crippen LogP contribution in [0, 0.1) is 0 Å². The number of benzene rings is 1. The van der Waals surface area contributed by atoms with Crippen LogP contribution in [0.15, 0.2) is 29.2 Å². The molecular weight excluding hydrogens is 292 g/mol. The first kappa shape index (κ1) is 15.9. The summed E-state index contributed by atoms with van der Waals surface area (Å²) in [6.07, 6.45) is -0.0115. The fraction of sp³-hybridized carbons (Fsp3) is 0.500. The summed E-state index contributed by atoms with van der Waals surface area (Å²) in [6.45, 7) is 3.74. The predicted octanol–water partition coefficient (Wildman–Crippen LogP) is 0.639. The number of carbonyl (C=O) groups is 1. The fourth-order valence-electron chi connectivity index (χ4n) is 2.42. The molecule has 1 aliphatic heterocycles. The van der Waals surface area contributed by atoms with Gasteiger partial charge < -0.3 is 10.4 Å². The van der Waals surface area contributed by atoms with Crippen LogP contribution in [0.4, 0.5) is 0 Å². The second-order valence-electron chi connectivity index (χ2n) is 5.29. The lowest BCUT2D eigenvalue weighted by atomic mass is 10.1. The van der Waals surface area contributed by atoms with Crippen molar-refractivity contribution in [1.29, 1.82) is 0 Å². The van der Waals surface area contributed by atoms with Crippen LogP contribution in [0.3, 0.4) is 0 Å². The molecule has 2 unspecified atom stereocenters. The Labute approximate surface area is 124 Å². The average Bonchev–Trinajstić information content (AvgIpc) is 2.87. The summed E-state index contributed by atoms with van der Waals surface area (Å²) < 4.78 is 26.4. The van der Waals surface area contributed by atoms with Crippen molar-refractivity contribution in [3.8, 4) is 0 Å². The van der Waals surface area contributed by atoms with Crippen molar-refractivity contribution >= 4 is 15.9 Å². The molecule has 6 nitrogen and oxygen atoms in total. The van der Waals surface area contributed by atoms with E-state index in [2.05, 4.69) is 5.32 Å². The van der Waals surface area contributed by atoms with Crippen LogP contribution in [0.5, 0.6) is 0 Å². The summed E-state index contributed by atoms with van der Waals surface area (Å²) in [5.41, 5.74) is 0.673. The maximum absolute atomic E-state index is 12.5. The topological polar surface area (TPSA) is 86.7 Å². The average molecular weight is 312 g/mol. The lowest BCUT2D eigenvalue weighted by molar-refractivity contribution is -0.119. The molecule has 1 aliphatic rings. The Balaban J connectivity index is 2.13. The van der Waals surface area contributed by atoms with Gasteiger partial charge >= 0.3 is 0 Å². The first-order valence-electron chi connectivity index (χ1n) is 6.86. The van der Waals surface area contributed by atoms with E-state index in [0.717, 1.165) is 0 Å². The van der Waals surface area contributed by atoms with Crippen molar-refractivity contribution < 1.29 is 18.3 Å². The van der Waals surface area contributed by atoms with Crippen molar-refractivity contribution in [2.75, 3.05) is 13.1 Å². The number of nitrogens with one attached hydrogen (secondary N) is 1. The summed E-state index contributed by atoms with van der Waals surface area (Å²) >= 11 is 0. The van der Waals surface area contributed by atoms with Crippen molar-refractivity contribution in [1.82, 2.24) is 9.62 Å². The highest BCUT2D eigenvalue weighted by molar-refractivity contribution is 7.89. The smallest absolute Gasteiger partial charge is 0.243 e. The zero-order chi connectivity index (χ0) is 15.6. The largest absolute Gasteiger partial charge is 0.389 e. The highest BCUT2D eigenvalue weighted by atomic mass is 32.2. The third-order valence-electron chi connectivity index (χ3n) is 3.56. The molecule has 0 radical (unpaired) electrons. The summed E-state index contributed by atoms with van der Waals surface area (Å²) in [4.78, 5) is 11.2. The highest BCUT2D eigenvalue weighted by Gasteiger charge is 2.32. The van der Waals surface area contributed by atoms with Gasteiger partial charge in [-0.2, -0.15) is 4.31 Å². The van der Waals surface area contributed by atoms with Crippen LogP contribution >= 0.6 is 0 Å². The van der Waals surface area contributed by atoms with Crippen molar-refractivity contribution in [3.63, 3.8) is 0 Å². The van der Waals surface area contributed by atoms with Gasteiger partial charge in [0.15, 0.2) is 0 Å². The van der Waals surface area contributed by atoms with Gasteiger partial charge in [0.25, 0.3) is 0 Å². The highest BCUT2D eigenvalue weighted by Crippen LogP contribution is 2.22. The first-order chi connectivity index (χ1) is 9.80. The molecular formula is C14H20N2O4S. The number of amides is 1. The number of nitrogens with zero attached hydrogens (tertiary/aromatic N) is 1. The van der Waals surface area contributed by atoms with Crippen LogP contribution in [0.1, 0.15) is 31.9 Å². The van der Waals surface area contributed by atoms with Gasteiger partial charge in [-0.3, -0.25) is 4.79 Å². The Hall–Kier alpha value is -1.44. The lowest BCUT2D eigenvalue weighted by Crippen LogP contribution is -2.37. The van der Waals surface area contributed by atoms with E-state index in [4.69, 9.17) is 0 Å². The minimum Gasteiger partial charge on any atom is -0.389 e. The summed E-state index contributed by atoms with van der Waals surface area (Å²) in [5, 5.41) is 12.2. The minimum absolute atomic E-state index is 0.131. The molecule has 2 N–H and O–H groups in total. The van der Waals surface area contributed by atoms with E-state index in [1.807, 2.05) is 0 Å². The van der Waals surface area contributed by atoms with Crippen LogP contribution in [-0.2, 0) is 14.8 Å². The monoisotopic (exact) mass is 312 g/mol. The van der Waals surface area contributed by atoms with Gasteiger partial charge in [-0.05, 0) is 31.0 Å². The zero-order valence-electron chi connectivity index (χ0n) is 12.1. The fourth-order valence-corrected chi connectivity index (χ4v) is 3.92. The molecule has 0 aromatic heterocycles. The molecule has 1 aromatic carbocycles. The van der Waals surface area contributed by atoms with Crippen molar-refractivity contribution in [2.45, 2.75) is 37.3 Å². The molecule has 7 heteroatoms. The third-order valence-corrected chi connectivity index (χ3v) is 5.44. The number of sulfonamides is 1. The van der Waals surface area contributed by atoms with Gasteiger partial charge in [-0.25, -0.2) is 8.42 Å². The van der Waals surface area contributed by atoms with Crippen LogP contribution in [0.25, 0.3) is 0 Å². The molecule has 116 valence electrons. The number of aliphatic hydroxyl groups is 1. The van der Waals surface area contributed by atoms with E-state index >= 15 is 0 Å². The molecule has 0 aliphatic carbocycles. The van der Waals surface area contributed by atoms with Gasteiger partial charge in [-0.15, -0.1) is 0 Å². The summed E-state index contributed by atoms with van der Waals surface area (Å²) in [5.74, 6) is -0.152. The van der Waals surface area contributed by atoms with Crippen LogP contribution in [0.2, 0.25) is 0 Å². The molecule has 1 saturated heterocycles. The SMILES string of the molecule is CC(=O)NC1CCN(S(=O)(=O)c2ccc(C(C)O)cc2)C1. The molecule has 1 amide bonds.